The van der Waals surface area contributed by atoms with Crippen molar-refractivity contribution < 1.29 is 14.6 Å². The molecule has 1 heterocycles. The van der Waals surface area contributed by atoms with Gasteiger partial charge in [-0.15, -0.1) is 0 Å². The summed E-state index contributed by atoms with van der Waals surface area (Å²) >= 11 is 1.85. The predicted molar refractivity (Wildman–Crippen MR) is 90.3 cm³/mol. The van der Waals surface area contributed by atoms with Crippen molar-refractivity contribution in [2.24, 2.45) is 0 Å². The first-order chi connectivity index (χ1) is 10.5. The van der Waals surface area contributed by atoms with Crippen LogP contribution in [0.1, 0.15) is 18.4 Å². The lowest BCUT2D eigenvalue weighted by Gasteiger charge is -2.25. The van der Waals surface area contributed by atoms with Crippen molar-refractivity contribution in [2.75, 3.05) is 32.7 Å². The molecule has 4 nitrogen and oxygen atoms in total. The Balaban J connectivity index is 2.10. The van der Waals surface area contributed by atoms with E-state index in [0.29, 0.717) is 24.3 Å². The lowest BCUT2D eigenvalue weighted by atomic mass is 9.98. The summed E-state index contributed by atoms with van der Waals surface area (Å²) in [4.78, 5) is 2.08. The number of rotatable bonds is 4. The summed E-state index contributed by atoms with van der Waals surface area (Å²) in [5.41, 5.74) is 0.204. The van der Waals surface area contributed by atoms with Gasteiger partial charge in [0.1, 0.15) is 11.7 Å². The quantitative estimate of drug-likeness (QED) is 0.862. The zero-order valence-electron chi connectivity index (χ0n) is 13.4. The van der Waals surface area contributed by atoms with E-state index in [9.17, 15) is 5.11 Å². The van der Waals surface area contributed by atoms with Gasteiger partial charge in [-0.05, 0) is 62.1 Å². The van der Waals surface area contributed by atoms with Gasteiger partial charge < -0.3 is 19.5 Å². The summed E-state index contributed by atoms with van der Waals surface area (Å²) in [7, 11) is 5.63. The van der Waals surface area contributed by atoms with Crippen LogP contribution in [-0.2, 0) is 6.54 Å². The number of nitrogens with zero attached hydrogens (tertiary/aromatic N) is 1. The van der Waals surface area contributed by atoms with Crippen molar-refractivity contribution in [3.8, 4) is 23.5 Å². The SMILES string of the molecule is COc1ccc(CN(C)C)cc1OC#CC1(O)CCSCC1. The normalized spacial score (nSPS) is 16.8. The number of thioether (sulfide) groups is 1. The lowest BCUT2D eigenvalue weighted by Crippen LogP contribution is -2.31. The van der Waals surface area contributed by atoms with Gasteiger partial charge in [-0.25, -0.2) is 0 Å². The fraction of sp³-hybridized carbons (Fsp3) is 0.529. The second-order valence-electron chi connectivity index (χ2n) is 5.70. The van der Waals surface area contributed by atoms with E-state index in [1.54, 1.807) is 7.11 Å². The molecule has 1 aromatic rings. The largest absolute Gasteiger partial charge is 0.493 e. The first-order valence-electron chi connectivity index (χ1n) is 7.33. The summed E-state index contributed by atoms with van der Waals surface area (Å²) in [6.45, 7) is 0.814. The summed E-state index contributed by atoms with van der Waals surface area (Å²) in [5.74, 6) is 5.96. The van der Waals surface area contributed by atoms with E-state index in [2.05, 4.69) is 16.9 Å². The second-order valence-corrected chi connectivity index (χ2v) is 6.92. The molecule has 1 saturated heterocycles. The Kier molecular flexibility index (Phi) is 6.01. The molecule has 0 radical (unpaired) electrons. The van der Waals surface area contributed by atoms with Crippen LogP contribution in [-0.4, -0.2) is 48.3 Å². The molecule has 1 aliphatic heterocycles. The Morgan fingerprint density at radius 2 is 2.00 bits per heavy atom. The number of hydrogen-bond acceptors (Lipinski definition) is 5. The van der Waals surface area contributed by atoms with Gasteiger partial charge in [0.05, 0.1) is 7.11 Å². The van der Waals surface area contributed by atoms with Gasteiger partial charge in [0, 0.05) is 6.54 Å². The molecule has 5 heteroatoms. The minimum atomic E-state index is -0.917. The van der Waals surface area contributed by atoms with Crippen LogP contribution in [0.4, 0.5) is 0 Å². The highest BCUT2D eigenvalue weighted by atomic mass is 32.2. The first-order valence-corrected chi connectivity index (χ1v) is 8.49. The molecular formula is C17H23NO3S. The van der Waals surface area contributed by atoms with E-state index in [1.807, 2.05) is 44.1 Å². The van der Waals surface area contributed by atoms with Gasteiger partial charge in [-0.1, -0.05) is 6.07 Å². The molecule has 0 atom stereocenters. The number of hydrogen-bond donors (Lipinski definition) is 1. The monoisotopic (exact) mass is 321 g/mol. The van der Waals surface area contributed by atoms with Gasteiger partial charge in [-0.2, -0.15) is 11.8 Å². The van der Waals surface area contributed by atoms with Gasteiger partial charge in [0.2, 0.25) is 0 Å². The van der Waals surface area contributed by atoms with Crippen LogP contribution in [0.5, 0.6) is 11.5 Å². The van der Waals surface area contributed by atoms with Crippen molar-refractivity contribution in [1.82, 2.24) is 4.90 Å². The van der Waals surface area contributed by atoms with Crippen molar-refractivity contribution in [3.05, 3.63) is 23.8 Å². The Hall–Kier alpha value is -1.35. The fourth-order valence-electron chi connectivity index (χ4n) is 2.27. The summed E-state index contributed by atoms with van der Waals surface area (Å²) < 4.78 is 10.8. The maximum atomic E-state index is 10.3. The van der Waals surface area contributed by atoms with Crippen molar-refractivity contribution in [1.29, 1.82) is 0 Å². The smallest absolute Gasteiger partial charge is 0.182 e. The van der Waals surface area contributed by atoms with E-state index in [0.717, 1.165) is 23.6 Å². The van der Waals surface area contributed by atoms with E-state index in [1.165, 1.54) is 0 Å². The summed E-state index contributed by atoms with van der Waals surface area (Å²) in [6, 6.07) is 5.81. The number of benzene rings is 1. The molecule has 1 aromatic carbocycles. The van der Waals surface area contributed by atoms with Gasteiger partial charge >= 0.3 is 0 Å². The second kappa shape index (κ2) is 7.77. The van der Waals surface area contributed by atoms with Gasteiger partial charge in [0.15, 0.2) is 11.5 Å². The predicted octanol–water partition coefficient (Wildman–Crippen LogP) is 2.35. The third-order valence-corrected chi connectivity index (χ3v) is 4.48. The van der Waals surface area contributed by atoms with Crippen LogP contribution in [0.2, 0.25) is 0 Å². The van der Waals surface area contributed by atoms with E-state index < -0.39 is 5.60 Å². The van der Waals surface area contributed by atoms with Crippen LogP contribution in [0.25, 0.3) is 0 Å². The van der Waals surface area contributed by atoms with Crippen LogP contribution >= 0.6 is 11.8 Å². The van der Waals surface area contributed by atoms with Crippen molar-refractivity contribution >= 4 is 11.8 Å². The van der Waals surface area contributed by atoms with Crippen LogP contribution in [0.3, 0.4) is 0 Å². The topological polar surface area (TPSA) is 41.9 Å². The molecule has 0 aliphatic carbocycles. The molecule has 0 amide bonds. The Bertz CT molecular complexity index is 557. The number of methoxy groups -OCH3 is 1. The average molecular weight is 321 g/mol. The Morgan fingerprint density at radius 3 is 2.64 bits per heavy atom. The number of ether oxygens (including phenoxy) is 2. The summed E-state index contributed by atoms with van der Waals surface area (Å²) in [6.07, 6.45) is 4.04. The molecule has 120 valence electrons. The maximum Gasteiger partial charge on any atom is 0.182 e. The standard InChI is InChI=1S/C17H23NO3S/c1-18(2)13-14-4-5-15(20-3)16(12-14)21-9-6-17(19)7-10-22-11-8-17/h4-5,12,19H,7-8,10-11,13H2,1-3H3. The molecule has 0 bridgehead atoms. The van der Waals surface area contributed by atoms with Crippen LogP contribution in [0.15, 0.2) is 18.2 Å². The summed E-state index contributed by atoms with van der Waals surface area (Å²) in [5, 5.41) is 10.3. The zero-order valence-corrected chi connectivity index (χ0v) is 14.2. The fourth-order valence-corrected chi connectivity index (χ4v) is 3.44. The Labute approximate surface area is 136 Å². The maximum absolute atomic E-state index is 10.3. The van der Waals surface area contributed by atoms with Crippen molar-refractivity contribution in [3.63, 3.8) is 0 Å². The first kappa shape index (κ1) is 17.0. The van der Waals surface area contributed by atoms with Crippen LogP contribution < -0.4 is 9.47 Å². The van der Waals surface area contributed by atoms with E-state index >= 15 is 0 Å². The molecule has 2 rings (SSSR count). The molecule has 1 fully saturated rings. The number of aliphatic hydroxyl groups is 1. The minimum absolute atomic E-state index is 0.586. The molecule has 0 saturated carbocycles. The lowest BCUT2D eigenvalue weighted by molar-refractivity contribution is 0.0920. The third-order valence-electron chi connectivity index (χ3n) is 3.49. The molecular weight excluding hydrogens is 298 g/mol. The van der Waals surface area contributed by atoms with E-state index in [-0.39, 0.29) is 0 Å². The molecule has 22 heavy (non-hydrogen) atoms. The Morgan fingerprint density at radius 1 is 1.27 bits per heavy atom. The van der Waals surface area contributed by atoms with E-state index in [4.69, 9.17) is 9.47 Å². The minimum Gasteiger partial charge on any atom is -0.493 e. The third kappa shape index (κ3) is 4.84. The van der Waals surface area contributed by atoms with Gasteiger partial charge in [0.25, 0.3) is 0 Å². The highest BCUT2D eigenvalue weighted by Crippen LogP contribution is 2.29. The molecule has 0 unspecified atom stereocenters. The average Bonchev–Trinajstić information content (AvgIpc) is 2.47. The molecule has 0 aromatic heterocycles. The molecule has 1 N–H and O–H groups in total. The van der Waals surface area contributed by atoms with Crippen LogP contribution in [0, 0.1) is 12.0 Å². The molecule has 1 aliphatic rings. The zero-order chi connectivity index (χ0) is 16.0. The highest BCUT2D eigenvalue weighted by molar-refractivity contribution is 7.99. The highest BCUT2D eigenvalue weighted by Gasteiger charge is 2.27. The van der Waals surface area contributed by atoms with Gasteiger partial charge in [-0.3, -0.25) is 0 Å². The van der Waals surface area contributed by atoms with Crippen molar-refractivity contribution in [2.45, 2.75) is 25.0 Å². The molecule has 0 spiro atoms.